The molecule has 55 heteroatoms. The second kappa shape index (κ2) is 40.4. The van der Waals surface area contributed by atoms with Crippen LogP contribution in [0.1, 0.15) is 89.1 Å². The largest absolute Gasteiger partial charge is 0.394 e. The molecule has 6 aromatic heterocycles. The third kappa shape index (κ3) is 24.2. The third-order valence-electron chi connectivity index (χ3n) is 18.6. The van der Waals surface area contributed by atoms with Crippen LogP contribution in [0.4, 0.5) is 17.6 Å². The molecular formula is C61H88BrN17O29P4S4. The van der Waals surface area contributed by atoms with E-state index in [0.717, 1.165) is 19.9 Å². The van der Waals surface area contributed by atoms with Gasteiger partial charge in [-0.1, -0.05) is 50.6 Å². The number of halogens is 1. The van der Waals surface area contributed by atoms with E-state index in [-0.39, 0.29) is 141 Å². The van der Waals surface area contributed by atoms with E-state index in [1.54, 1.807) is 0 Å². The van der Waals surface area contributed by atoms with Crippen LogP contribution >= 0.6 is 79.8 Å². The molecule has 0 radical (unpaired) electrons. The first-order valence-electron chi connectivity index (χ1n) is 35.9. The summed E-state index contributed by atoms with van der Waals surface area (Å²) in [5, 5.41) is 13.0. The van der Waals surface area contributed by atoms with Gasteiger partial charge in [0.25, 0.3) is 16.7 Å². The fraction of sp³-hybridized carbons (Fsp3) is 0.639. The third-order valence-corrected chi connectivity index (χ3v) is 26.5. The zero-order valence-corrected chi connectivity index (χ0v) is 70.7. The van der Waals surface area contributed by atoms with Gasteiger partial charge < -0.3 is 84.8 Å². The predicted molar refractivity (Wildman–Crippen MR) is 424 cm³/mol. The van der Waals surface area contributed by atoms with Gasteiger partial charge in [0.1, 0.15) is 85.5 Å². The van der Waals surface area contributed by atoms with Crippen LogP contribution < -0.4 is 67.7 Å². The second-order valence-electron chi connectivity index (χ2n) is 27.1. The van der Waals surface area contributed by atoms with Crippen molar-refractivity contribution >= 4 is 126 Å². The van der Waals surface area contributed by atoms with Gasteiger partial charge in [0.05, 0.1) is 102 Å². The number of ether oxygens (including phenoxy) is 8. The van der Waals surface area contributed by atoms with Gasteiger partial charge in [-0.2, -0.15) is 15.0 Å². The highest BCUT2D eigenvalue weighted by molar-refractivity contribution is 9.10. The maximum Gasteiger partial charge on any atom is 0.386 e. The number of imidazole rings is 1. The summed E-state index contributed by atoms with van der Waals surface area (Å²) in [6.45, 7) is -14.9. The van der Waals surface area contributed by atoms with Crippen LogP contribution in [-0.4, -0.2) is 216 Å². The number of thiol groups is 3. The van der Waals surface area contributed by atoms with Crippen LogP contribution in [0.3, 0.4) is 0 Å². The molecule has 11 rings (SSSR count). The molecule has 5 saturated heterocycles. The van der Waals surface area contributed by atoms with E-state index >= 15 is 4.57 Å². The topological polar surface area (TPSA) is 605 Å². The Morgan fingerprint density at radius 1 is 0.595 bits per heavy atom. The van der Waals surface area contributed by atoms with Gasteiger partial charge in [-0.25, -0.2) is 37.9 Å². The number of nitrogens with zero attached hydrogens (tertiary/aromatic N) is 9. The normalized spacial score (nSPS) is 27.0. The number of nitrogen functional groups attached to an aromatic ring is 3. The Bertz CT molecular complexity index is 5090. The molecule has 19 atom stereocenters. The Labute approximate surface area is 686 Å². The molecule has 642 valence electrons. The zero-order chi connectivity index (χ0) is 83.6. The quantitative estimate of drug-likeness (QED) is 0.0147. The van der Waals surface area contributed by atoms with Crippen molar-refractivity contribution < 1.29 is 102 Å². The average molecular weight is 1860 g/mol. The van der Waals surface area contributed by atoms with Crippen molar-refractivity contribution in [2.75, 3.05) is 110 Å². The molecule has 5 aliphatic heterocycles. The summed E-state index contributed by atoms with van der Waals surface area (Å²) in [4.78, 5) is 125. The van der Waals surface area contributed by atoms with Crippen molar-refractivity contribution in [3.63, 3.8) is 0 Å². The summed E-state index contributed by atoms with van der Waals surface area (Å²) in [5.74, 6) is -0.933. The highest BCUT2D eigenvalue weighted by atomic mass is 79.9. The van der Waals surface area contributed by atoms with Crippen LogP contribution in [0.5, 0.6) is 0 Å². The van der Waals surface area contributed by atoms with Gasteiger partial charge in [0, 0.05) is 75.5 Å². The van der Waals surface area contributed by atoms with Gasteiger partial charge in [-0.15, -0.1) is 0 Å². The van der Waals surface area contributed by atoms with E-state index in [4.69, 9.17) is 113 Å². The smallest absolute Gasteiger partial charge is 0.386 e. The number of amides is 1. The number of aromatic nitrogens is 12. The lowest BCUT2D eigenvalue weighted by Crippen LogP contribution is -2.33. The highest BCUT2D eigenvalue weighted by Gasteiger charge is 2.50. The number of anilines is 3. The Balaban J connectivity index is 0.801. The Hall–Kier alpha value is -5.55. The van der Waals surface area contributed by atoms with E-state index in [0.29, 0.717) is 19.6 Å². The molecule has 46 nitrogen and oxygen atoms in total. The monoisotopic (exact) mass is 1850 g/mol. The summed E-state index contributed by atoms with van der Waals surface area (Å²) >= 11 is 22.1. The number of carbonyl (C=O) groups excluding carboxylic acids is 1. The SMILES string of the molecule is Cc1cn([C@H]2C[C@@H](OP(=S)(OCCOCCOCCNC(=O)CCOCCN)OC[C@H]3O[C@@H](n4ccc(N)nc4=O)C[C@H]3C(C)C)[C@@H](COP(=O)(S)O[C@@H]3C[C@H](n4cnc5c(=O)[nH]c(N)nc54)O[C@@H]3COP(=O)(S)O[C@@H]3C[C@H](n4ccc(N)nc4=O)O[C@@H]3COP(=O)(S)O[C@@H]3C[C@H](n4cc(Br)c(=O)[nH]c4=O)O[C@@H]3CO)O2)c(=O)[nH]c1=O. The van der Waals surface area contributed by atoms with Crippen LogP contribution in [0, 0.1) is 18.8 Å². The van der Waals surface area contributed by atoms with E-state index in [9.17, 15) is 52.6 Å². The van der Waals surface area contributed by atoms with Gasteiger partial charge in [-0.3, -0.25) is 84.1 Å². The number of hydrogen-bond donors (Lipinski definition) is 12. The second-order valence-corrected chi connectivity index (χ2v) is 39.5. The average Bonchev–Trinajstić information content (AvgIpc) is 1.63. The Kier molecular flexibility index (Phi) is 31.8. The van der Waals surface area contributed by atoms with Crippen LogP contribution in [0.15, 0.2) is 81.3 Å². The molecule has 116 heavy (non-hydrogen) atoms. The van der Waals surface area contributed by atoms with Gasteiger partial charge in [0.2, 0.25) is 11.9 Å². The number of aryl methyl sites for hydroxylation is 1. The number of aromatic amines is 3. The Morgan fingerprint density at radius 2 is 1.06 bits per heavy atom. The number of hydrogen-bond acceptors (Lipinski definition) is 38. The molecule has 0 spiro atoms. The summed E-state index contributed by atoms with van der Waals surface area (Å²) in [7, 11) is 0. The van der Waals surface area contributed by atoms with Gasteiger partial charge >= 0.3 is 49.9 Å². The molecule has 4 unspecified atom stereocenters. The van der Waals surface area contributed by atoms with Crippen molar-refractivity contribution in [1.82, 2.24) is 63.0 Å². The number of aliphatic hydroxyl groups excluding tert-OH is 1. The predicted octanol–water partition coefficient (Wildman–Crippen LogP) is 1.73. The van der Waals surface area contributed by atoms with Crippen LogP contribution in [0.2, 0.25) is 0 Å². The summed E-state index contributed by atoms with van der Waals surface area (Å²) in [5.41, 5.74) is 17.5. The van der Waals surface area contributed by atoms with Gasteiger partial charge in [-0.05, 0) is 65.0 Å². The van der Waals surface area contributed by atoms with E-state index in [2.05, 4.69) is 92.9 Å². The number of H-pyrrole nitrogens is 3. The molecule has 5 fully saturated rings. The Morgan fingerprint density at radius 3 is 1.60 bits per heavy atom. The first-order valence-corrected chi connectivity index (χ1v) is 47.4. The molecular weight excluding hydrogens is 1770 g/mol. The maximum absolute atomic E-state index is 15.0. The number of rotatable bonds is 42. The lowest BCUT2D eigenvalue weighted by Gasteiger charge is -2.30. The lowest BCUT2D eigenvalue weighted by molar-refractivity contribution is -0.122. The fourth-order valence-electron chi connectivity index (χ4n) is 13.0. The molecule has 11 heterocycles. The van der Waals surface area contributed by atoms with Crippen molar-refractivity contribution in [3.05, 3.63) is 126 Å². The van der Waals surface area contributed by atoms with Crippen molar-refractivity contribution in [3.8, 4) is 0 Å². The summed E-state index contributed by atoms with van der Waals surface area (Å²) < 4.78 is 153. The number of nitrogens with two attached hydrogens (primary N) is 4. The number of carbonyl (C=O) groups is 1. The fourth-order valence-corrected chi connectivity index (χ4v) is 20.0. The van der Waals surface area contributed by atoms with Crippen molar-refractivity contribution in [2.45, 2.75) is 145 Å². The molecule has 0 aromatic carbocycles. The lowest BCUT2D eigenvalue weighted by atomic mass is 9.89. The van der Waals surface area contributed by atoms with Crippen molar-refractivity contribution in [1.29, 1.82) is 0 Å². The number of fused-ring (bicyclic) bond motifs is 1. The minimum atomic E-state index is -4.79. The highest BCUT2D eigenvalue weighted by Crippen LogP contribution is 2.61. The number of nitrogens with one attached hydrogen (secondary N) is 4. The molecule has 5 aliphatic rings. The van der Waals surface area contributed by atoms with Crippen molar-refractivity contribution in [2.24, 2.45) is 17.6 Å². The standard InChI is InChI=1S/C61H88BrN17O29P4S4/c1-31(2)33-18-47(75-9-4-44(64)69-58(75)85)101-40(33)26-99-112(116,95-17-16-94-15-14-93-13-8-67-46(81)6-11-92-12-7-63)108-38-22-49(77-23-32(3)54(82)73-60(77)87)103-43(38)29-98-111(91,115)107-37-21-51(79-30-68-52-53(79)71-57(66)72-56(52)84)104-42(37)28-97-110(90,114)106-36-20-48(76-10-5-45(65)70-59(76)86)102-41(36)27-96-109(89,113)105-35-19-50(100-39(35)25-80)78-24-34(62)55(83)74-61(78)88/h4-5,9-10,23-24,30-31,33,35-43,47-51,80H,6-8,11-22,25-29,63H2,1-3H3,(H,67,81)(H,89,113)(H,90,114)(H,91,115)(H2,64,69,85)(H2,65,70,86)(H,73,82,87)(H,74,83,88)(H3,66,71,72,84)/t33-,35+,36+,37+,38+,39+,40+,41+,42+,43+,47+,48+,49+,50+,51+,109?,110?,111?,112?/m0/s1. The molecule has 0 saturated carbocycles. The molecule has 6 aromatic rings. The first kappa shape index (κ1) is 91.2. The van der Waals surface area contributed by atoms with E-state index in [1.165, 1.54) is 53.1 Å². The molecule has 0 bridgehead atoms. The van der Waals surface area contributed by atoms with Crippen LogP contribution in [0.25, 0.3) is 11.2 Å². The van der Waals surface area contributed by atoms with Gasteiger partial charge in [0.15, 0.2) is 11.2 Å². The minimum Gasteiger partial charge on any atom is -0.394 e. The van der Waals surface area contributed by atoms with Crippen LogP contribution in [-0.2, 0) is 109 Å². The van der Waals surface area contributed by atoms with E-state index in [1.807, 2.05) is 13.8 Å². The summed E-state index contributed by atoms with van der Waals surface area (Å²) in [6, 6.07) is 2.75. The first-order chi connectivity index (χ1) is 55.1. The zero-order valence-electron chi connectivity index (χ0n) is 62.1. The molecule has 13 N–H and O–H groups in total. The summed E-state index contributed by atoms with van der Waals surface area (Å²) in [6.07, 6.45) is -11.5. The molecule has 0 aliphatic carbocycles. The minimum absolute atomic E-state index is 0.0103. The maximum atomic E-state index is 15.0. The van der Waals surface area contributed by atoms with E-state index < -0.39 is 179 Å². The molecule has 1 amide bonds. The number of aliphatic hydroxyl groups is 1.